The number of benzene rings is 1. The molecule has 1 saturated carbocycles. The van der Waals surface area contributed by atoms with E-state index in [0.717, 1.165) is 19.3 Å². The zero-order valence-electron chi connectivity index (χ0n) is 14.0. The normalized spacial score (nSPS) is 20.7. The van der Waals surface area contributed by atoms with Gasteiger partial charge in [0.1, 0.15) is 0 Å². The molecule has 0 radical (unpaired) electrons. The second-order valence-corrected chi connectivity index (χ2v) is 8.02. The molecule has 2 rings (SSSR count). The predicted molar refractivity (Wildman–Crippen MR) is 96.8 cm³/mol. The van der Waals surface area contributed by atoms with Gasteiger partial charge in [-0.3, -0.25) is 4.79 Å². The van der Waals surface area contributed by atoms with Crippen molar-refractivity contribution < 1.29 is 13.2 Å². The zero-order valence-corrected chi connectivity index (χ0v) is 15.6. The summed E-state index contributed by atoms with van der Waals surface area (Å²) in [6, 6.07) is 5.96. The lowest BCUT2D eigenvalue weighted by Crippen LogP contribution is -2.40. The van der Waals surface area contributed by atoms with Crippen molar-refractivity contribution in [1.82, 2.24) is 10.0 Å². The summed E-state index contributed by atoms with van der Waals surface area (Å²) in [5.41, 5.74) is 6.07. The third-order valence-corrected chi connectivity index (χ3v) is 5.73. The lowest BCUT2D eigenvalue weighted by atomic mass is 10.0. The van der Waals surface area contributed by atoms with Crippen molar-refractivity contribution in [2.75, 3.05) is 6.54 Å². The van der Waals surface area contributed by atoms with Gasteiger partial charge in [-0.05, 0) is 57.4 Å². The van der Waals surface area contributed by atoms with E-state index in [-0.39, 0.29) is 35.3 Å². The van der Waals surface area contributed by atoms with E-state index in [2.05, 4.69) is 10.0 Å². The minimum atomic E-state index is -3.61. The average molecular weight is 376 g/mol. The van der Waals surface area contributed by atoms with Crippen molar-refractivity contribution >= 4 is 28.3 Å². The van der Waals surface area contributed by atoms with E-state index < -0.39 is 10.0 Å². The van der Waals surface area contributed by atoms with Gasteiger partial charge in [0.2, 0.25) is 10.0 Å². The summed E-state index contributed by atoms with van der Waals surface area (Å²) in [4.78, 5) is 12.5. The highest BCUT2D eigenvalue weighted by Crippen LogP contribution is 2.25. The molecule has 2 atom stereocenters. The molecular weight excluding hydrogens is 350 g/mol. The molecule has 0 spiro atoms. The van der Waals surface area contributed by atoms with Gasteiger partial charge in [0.05, 0.1) is 4.90 Å². The van der Waals surface area contributed by atoms with E-state index >= 15 is 0 Å². The van der Waals surface area contributed by atoms with E-state index in [0.29, 0.717) is 18.0 Å². The molecule has 24 heavy (non-hydrogen) atoms. The number of sulfonamides is 1. The molecule has 2 unspecified atom stereocenters. The lowest BCUT2D eigenvalue weighted by Gasteiger charge is -2.19. The summed E-state index contributed by atoms with van der Waals surface area (Å²) in [6.07, 6.45) is 2.99. The van der Waals surface area contributed by atoms with Gasteiger partial charge in [0, 0.05) is 17.6 Å². The number of hydrogen-bond donors (Lipinski definition) is 3. The molecule has 0 saturated heterocycles. The third-order valence-electron chi connectivity index (χ3n) is 4.08. The third kappa shape index (κ3) is 5.17. The van der Waals surface area contributed by atoms with Crippen LogP contribution in [0.4, 0.5) is 0 Å². The Hall–Kier alpha value is -1.15. The smallest absolute Gasteiger partial charge is 0.251 e. The fourth-order valence-corrected chi connectivity index (χ4v) is 4.24. The molecule has 6 nitrogen and oxygen atoms in total. The monoisotopic (exact) mass is 375 g/mol. The Morgan fingerprint density at radius 1 is 1.33 bits per heavy atom. The molecule has 8 heteroatoms. The van der Waals surface area contributed by atoms with E-state index in [1.165, 1.54) is 12.1 Å². The molecule has 0 bridgehead atoms. The number of carbonyl (C=O) groups excluding carboxylic acids is 1. The number of nitrogens with two attached hydrogens (primary N) is 1. The maximum atomic E-state index is 12.4. The molecule has 1 fully saturated rings. The molecule has 0 aromatic heterocycles. The first kappa shape index (κ1) is 20.9. The van der Waals surface area contributed by atoms with Crippen molar-refractivity contribution in [3.05, 3.63) is 29.8 Å². The molecular formula is C16H26ClN3O3S. The van der Waals surface area contributed by atoms with Crippen LogP contribution in [0.2, 0.25) is 0 Å². The van der Waals surface area contributed by atoms with Crippen molar-refractivity contribution in [1.29, 1.82) is 0 Å². The largest absolute Gasteiger partial charge is 0.349 e. The quantitative estimate of drug-likeness (QED) is 0.703. The van der Waals surface area contributed by atoms with Crippen molar-refractivity contribution in [2.24, 2.45) is 11.7 Å². The van der Waals surface area contributed by atoms with Gasteiger partial charge in [-0.25, -0.2) is 13.1 Å². The van der Waals surface area contributed by atoms with Gasteiger partial charge in [0.25, 0.3) is 5.91 Å². The van der Waals surface area contributed by atoms with Crippen LogP contribution in [0.5, 0.6) is 0 Å². The maximum Gasteiger partial charge on any atom is 0.251 e. The van der Waals surface area contributed by atoms with Gasteiger partial charge in [-0.2, -0.15) is 0 Å². The number of amides is 1. The second kappa shape index (κ2) is 8.80. The molecule has 1 aromatic carbocycles. The van der Waals surface area contributed by atoms with Gasteiger partial charge < -0.3 is 11.1 Å². The Kier molecular flexibility index (Phi) is 7.66. The molecule has 4 N–H and O–H groups in total. The van der Waals surface area contributed by atoms with Crippen LogP contribution in [0.3, 0.4) is 0 Å². The van der Waals surface area contributed by atoms with Crippen molar-refractivity contribution in [3.63, 3.8) is 0 Å². The lowest BCUT2D eigenvalue weighted by molar-refractivity contribution is 0.0928. The van der Waals surface area contributed by atoms with Crippen LogP contribution < -0.4 is 15.8 Å². The van der Waals surface area contributed by atoms with Crippen molar-refractivity contribution in [3.8, 4) is 0 Å². The predicted octanol–water partition coefficient (Wildman–Crippen LogP) is 1.65. The van der Waals surface area contributed by atoms with Crippen molar-refractivity contribution in [2.45, 2.75) is 50.1 Å². The molecule has 1 aromatic rings. The van der Waals surface area contributed by atoms with E-state index in [1.54, 1.807) is 26.0 Å². The SMILES string of the molecule is CC(C)NS(=O)(=O)c1cccc(C(=O)NC2CCCC2CN)c1.Cl. The van der Waals surface area contributed by atoms with Crippen LogP contribution in [-0.2, 0) is 10.0 Å². The Bertz CT molecular complexity index is 664. The fraction of sp³-hybridized carbons (Fsp3) is 0.562. The fourth-order valence-electron chi connectivity index (χ4n) is 2.94. The number of hydrogen-bond acceptors (Lipinski definition) is 4. The number of rotatable bonds is 6. The molecule has 1 aliphatic carbocycles. The Morgan fingerprint density at radius 3 is 2.67 bits per heavy atom. The summed E-state index contributed by atoms with van der Waals surface area (Å²) < 4.78 is 26.9. The Labute approximate surface area is 150 Å². The zero-order chi connectivity index (χ0) is 17.0. The number of halogens is 1. The summed E-state index contributed by atoms with van der Waals surface area (Å²) in [5.74, 6) is 0.0467. The van der Waals surface area contributed by atoms with Gasteiger partial charge in [0.15, 0.2) is 0 Å². The van der Waals surface area contributed by atoms with Gasteiger partial charge >= 0.3 is 0 Å². The van der Waals surface area contributed by atoms with Crippen LogP contribution in [0.1, 0.15) is 43.5 Å². The average Bonchev–Trinajstić information content (AvgIpc) is 2.93. The first-order valence-corrected chi connectivity index (χ1v) is 9.45. The molecule has 1 aliphatic rings. The first-order valence-electron chi connectivity index (χ1n) is 7.97. The summed E-state index contributed by atoms with van der Waals surface area (Å²) in [6.45, 7) is 4.06. The highest BCUT2D eigenvalue weighted by atomic mass is 35.5. The Balaban J connectivity index is 0.00000288. The van der Waals surface area contributed by atoms with E-state index in [9.17, 15) is 13.2 Å². The van der Waals surface area contributed by atoms with Crippen LogP contribution in [0.25, 0.3) is 0 Å². The maximum absolute atomic E-state index is 12.4. The minimum absolute atomic E-state index is 0. The topological polar surface area (TPSA) is 101 Å². The Morgan fingerprint density at radius 2 is 2.04 bits per heavy atom. The summed E-state index contributed by atoms with van der Waals surface area (Å²) >= 11 is 0. The summed E-state index contributed by atoms with van der Waals surface area (Å²) in [5, 5.41) is 2.98. The molecule has 0 heterocycles. The summed E-state index contributed by atoms with van der Waals surface area (Å²) in [7, 11) is -3.61. The van der Waals surface area contributed by atoms with Crippen LogP contribution in [0.15, 0.2) is 29.2 Å². The highest BCUT2D eigenvalue weighted by Gasteiger charge is 2.28. The number of nitrogens with one attached hydrogen (secondary N) is 2. The van der Waals surface area contributed by atoms with Gasteiger partial charge in [-0.15, -0.1) is 12.4 Å². The van der Waals surface area contributed by atoms with Crippen LogP contribution >= 0.6 is 12.4 Å². The van der Waals surface area contributed by atoms with Gasteiger partial charge in [-0.1, -0.05) is 12.5 Å². The molecule has 0 aliphatic heterocycles. The first-order chi connectivity index (χ1) is 10.8. The van der Waals surface area contributed by atoms with Crippen LogP contribution in [0, 0.1) is 5.92 Å². The minimum Gasteiger partial charge on any atom is -0.349 e. The highest BCUT2D eigenvalue weighted by molar-refractivity contribution is 7.89. The second-order valence-electron chi connectivity index (χ2n) is 6.31. The number of carbonyl (C=O) groups is 1. The molecule has 136 valence electrons. The van der Waals surface area contributed by atoms with E-state index in [4.69, 9.17) is 5.73 Å². The van der Waals surface area contributed by atoms with E-state index in [1.807, 2.05) is 0 Å². The molecule has 1 amide bonds. The standard InChI is InChI=1S/C16H25N3O3S.ClH/c1-11(2)19-23(21,22)14-7-3-5-12(9-14)16(20)18-15-8-4-6-13(15)10-17;/h3,5,7,9,11,13,15,19H,4,6,8,10,17H2,1-2H3,(H,18,20);1H. The van der Waals surface area contributed by atoms with Crippen LogP contribution in [-0.4, -0.2) is 33.0 Å².